The third kappa shape index (κ3) is 3.07. The van der Waals surface area contributed by atoms with Gasteiger partial charge < -0.3 is 19.4 Å². The third-order valence-electron chi connectivity index (χ3n) is 2.15. The van der Waals surface area contributed by atoms with E-state index in [0.717, 1.165) is 19.2 Å². The summed E-state index contributed by atoms with van der Waals surface area (Å²) in [5, 5.41) is 11.5. The molecule has 0 aromatic carbocycles. The number of oxazole rings is 1. The third-order valence-corrected chi connectivity index (χ3v) is 2.15. The van der Waals surface area contributed by atoms with Gasteiger partial charge in [0.1, 0.15) is 6.26 Å². The maximum Gasteiger partial charge on any atom is 0.357 e. The van der Waals surface area contributed by atoms with Crippen molar-refractivity contribution in [3.63, 3.8) is 0 Å². The molecular formula is C10H12N4O3. The highest BCUT2D eigenvalue weighted by Gasteiger charge is 2.09. The van der Waals surface area contributed by atoms with Crippen molar-refractivity contribution in [2.45, 2.75) is 13.0 Å². The lowest BCUT2D eigenvalue weighted by atomic mass is 10.4. The van der Waals surface area contributed by atoms with Crippen molar-refractivity contribution in [3.8, 4) is 0 Å². The number of carboxylic acid groups (broad SMARTS) is 1. The molecule has 0 spiro atoms. The smallest absolute Gasteiger partial charge is 0.357 e. The van der Waals surface area contributed by atoms with Crippen LogP contribution >= 0.6 is 0 Å². The predicted molar refractivity (Wildman–Crippen MR) is 58.8 cm³/mol. The van der Waals surface area contributed by atoms with E-state index < -0.39 is 5.97 Å². The van der Waals surface area contributed by atoms with Crippen LogP contribution in [0.1, 0.15) is 16.9 Å². The van der Waals surface area contributed by atoms with Crippen LogP contribution in [-0.4, -0.2) is 32.2 Å². The lowest BCUT2D eigenvalue weighted by molar-refractivity contribution is 0.0690. The maximum absolute atomic E-state index is 10.5. The predicted octanol–water partition coefficient (Wildman–Crippen LogP) is 1.07. The van der Waals surface area contributed by atoms with Crippen molar-refractivity contribution in [2.24, 2.45) is 0 Å². The van der Waals surface area contributed by atoms with E-state index in [2.05, 4.69) is 15.3 Å². The first-order valence-electron chi connectivity index (χ1n) is 5.14. The largest absolute Gasteiger partial charge is 0.476 e. The lowest BCUT2D eigenvalue weighted by Gasteiger charge is -2.02. The molecule has 0 bridgehead atoms. The van der Waals surface area contributed by atoms with Crippen LogP contribution in [0.4, 0.5) is 6.01 Å². The summed E-state index contributed by atoms with van der Waals surface area (Å²) in [6, 6.07) is 0.230. The number of aryl methyl sites for hydroxylation is 1. The Hall–Kier alpha value is -2.31. The lowest BCUT2D eigenvalue weighted by Crippen LogP contribution is -2.06. The second-order valence-corrected chi connectivity index (χ2v) is 3.42. The van der Waals surface area contributed by atoms with Gasteiger partial charge in [0, 0.05) is 25.5 Å². The van der Waals surface area contributed by atoms with Crippen LogP contribution in [-0.2, 0) is 6.54 Å². The summed E-state index contributed by atoms with van der Waals surface area (Å²) in [6.45, 7) is 1.48. The second-order valence-electron chi connectivity index (χ2n) is 3.42. The van der Waals surface area contributed by atoms with Gasteiger partial charge in [0.2, 0.25) is 0 Å². The molecule has 0 aliphatic rings. The van der Waals surface area contributed by atoms with Crippen molar-refractivity contribution in [1.82, 2.24) is 14.5 Å². The van der Waals surface area contributed by atoms with Gasteiger partial charge in [0.25, 0.3) is 6.01 Å². The first-order chi connectivity index (χ1) is 8.25. The molecule has 2 heterocycles. The van der Waals surface area contributed by atoms with Gasteiger partial charge >= 0.3 is 5.97 Å². The van der Waals surface area contributed by atoms with Gasteiger partial charge in [0.05, 0.1) is 6.33 Å². The monoisotopic (exact) mass is 236 g/mol. The number of hydrogen-bond donors (Lipinski definition) is 2. The summed E-state index contributed by atoms with van der Waals surface area (Å²) < 4.78 is 6.90. The Morgan fingerprint density at radius 1 is 1.59 bits per heavy atom. The molecule has 7 nitrogen and oxygen atoms in total. The molecule has 0 fully saturated rings. The summed E-state index contributed by atoms with van der Waals surface area (Å²) in [4.78, 5) is 18.2. The van der Waals surface area contributed by atoms with Gasteiger partial charge in [-0.25, -0.2) is 9.78 Å². The topological polar surface area (TPSA) is 93.2 Å². The number of nitrogens with one attached hydrogen (secondary N) is 1. The zero-order valence-electron chi connectivity index (χ0n) is 9.04. The average Bonchev–Trinajstić information content (AvgIpc) is 2.96. The number of anilines is 1. The Balaban J connectivity index is 1.72. The SMILES string of the molecule is O=C(O)c1coc(NCCCn2ccnc2)n1. The highest BCUT2D eigenvalue weighted by molar-refractivity contribution is 5.85. The molecule has 7 heteroatoms. The second kappa shape index (κ2) is 5.15. The number of imidazole rings is 1. The minimum Gasteiger partial charge on any atom is -0.476 e. The summed E-state index contributed by atoms with van der Waals surface area (Å²) in [7, 11) is 0. The molecule has 0 atom stereocenters. The van der Waals surface area contributed by atoms with Crippen LogP contribution in [0.3, 0.4) is 0 Å². The summed E-state index contributed by atoms with van der Waals surface area (Å²) in [5.41, 5.74) is -0.0953. The van der Waals surface area contributed by atoms with E-state index >= 15 is 0 Å². The molecule has 2 rings (SSSR count). The number of rotatable bonds is 6. The molecule has 2 aromatic heterocycles. The fraction of sp³-hybridized carbons (Fsp3) is 0.300. The van der Waals surface area contributed by atoms with E-state index in [1.807, 2.05) is 10.8 Å². The van der Waals surface area contributed by atoms with Gasteiger partial charge in [-0.1, -0.05) is 0 Å². The van der Waals surface area contributed by atoms with Crippen LogP contribution in [0, 0.1) is 0 Å². The molecule has 0 aliphatic carbocycles. The number of carboxylic acids is 1. The molecule has 2 N–H and O–H groups in total. The Morgan fingerprint density at radius 3 is 3.12 bits per heavy atom. The fourth-order valence-corrected chi connectivity index (χ4v) is 1.33. The van der Waals surface area contributed by atoms with Gasteiger partial charge in [-0.2, -0.15) is 4.98 Å². The zero-order chi connectivity index (χ0) is 12.1. The summed E-state index contributed by atoms with van der Waals surface area (Å²) in [6.07, 6.45) is 7.32. The Morgan fingerprint density at radius 2 is 2.47 bits per heavy atom. The first-order valence-corrected chi connectivity index (χ1v) is 5.14. The average molecular weight is 236 g/mol. The molecule has 0 amide bonds. The van der Waals surface area contributed by atoms with E-state index in [0.29, 0.717) is 6.54 Å². The highest BCUT2D eigenvalue weighted by atomic mass is 16.4. The fourth-order valence-electron chi connectivity index (χ4n) is 1.33. The molecular weight excluding hydrogens is 224 g/mol. The van der Waals surface area contributed by atoms with E-state index in [4.69, 9.17) is 9.52 Å². The molecule has 2 aromatic rings. The van der Waals surface area contributed by atoms with Crippen LogP contribution in [0.5, 0.6) is 0 Å². The van der Waals surface area contributed by atoms with Crippen LogP contribution in [0.2, 0.25) is 0 Å². The van der Waals surface area contributed by atoms with Crippen LogP contribution in [0.15, 0.2) is 29.4 Å². The maximum atomic E-state index is 10.5. The molecule has 0 radical (unpaired) electrons. The van der Waals surface area contributed by atoms with E-state index in [1.165, 1.54) is 0 Å². The van der Waals surface area contributed by atoms with E-state index in [1.54, 1.807) is 12.5 Å². The first kappa shape index (κ1) is 11.2. The number of carbonyl (C=O) groups is 1. The zero-order valence-corrected chi connectivity index (χ0v) is 9.04. The van der Waals surface area contributed by atoms with Gasteiger partial charge in [0.15, 0.2) is 5.69 Å². The van der Waals surface area contributed by atoms with Crippen molar-refractivity contribution in [3.05, 3.63) is 30.7 Å². The van der Waals surface area contributed by atoms with E-state index in [-0.39, 0.29) is 11.7 Å². The van der Waals surface area contributed by atoms with Gasteiger partial charge in [-0.3, -0.25) is 0 Å². The molecule has 17 heavy (non-hydrogen) atoms. The minimum absolute atomic E-state index is 0.0953. The Bertz CT molecular complexity index is 477. The molecule has 0 unspecified atom stereocenters. The summed E-state index contributed by atoms with van der Waals surface area (Å²) in [5.74, 6) is -1.10. The number of nitrogens with zero attached hydrogens (tertiary/aromatic N) is 3. The van der Waals surface area contributed by atoms with E-state index in [9.17, 15) is 4.79 Å². The Kier molecular flexibility index (Phi) is 3.39. The normalized spacial score (nSPS) is 10.4. The van der Waals surface area contributed by atoms with Crippen molar-refractivity contribution >= 4 is 12.0 Å². The quantitative estimate of drug-likeness (QED) is 0.729. The minimum atomic E-state index is -1.10. The van der Waals surface area contributed by atoms with Crippen molar-refractivity contribution < 1.29 is 14.3 Å². The standard InChI is InChI=1S/C10H12N4O3/c15-9(16)8-6-17-10(13-8)12-2-1-4-14-5-3-11-7-14/h3,5-7H,1-2,4H2,(H,12,13)(H,15,16). The molecule has 0 aliphatic heterocycles. The number of hydrogen-bond acceptors (Lipinski definition) is 5. The van der Waals surface area contributed by atoms with Gasteiger partial charge in [-0.15, -0.1) is 0 Å². The summed E-state index contributed by atoms with van der Waals surface area (Å²) >= 11 is 0. The van der Waals surface area contributed by atoms with Gasteiger partial charge in [-0.05, 0) is 6.42 Å². The molecule has 0 saturated heterocycles. The van der Waals surface area contributed by atoms with Crippen molar-refractivity contribution in [2.75, 3.05) is 11.9 Å². The van der Waals surface area contributed by atoms with Crippen LogP contribution < -0.4 is 5.32 Å². The van der Waals surface area contributed by atoms with Crippen molar-refractivity contribution in [1.29, 1.82) is 0 Å². The molecule has 90 valence electrons. The Labute approximate surface area is 97.1 Å². The van der Waals surface area contributed by atoms with Crippen LogP contribution in [0.25, 0.3) is 0 Å². The molecule has 0 saturated carbocycles. The number of aromatic nitrogens is 3. The number of aromatic carboxylic acids is 1. The highest BCUT2D eigenvalue weighted by Crippen LogP contribution is 2.07.